The molecule has 4 heterocycles. The Morgan fingerprint density at radius 2 is 1.73 bits per heavy atom. The topological polar surface area (TPSA) is 242 Å². The van der Waals surface area contributed by atoms with E-state index in [0.29, 0.717) is 41.6 Å². The van der Waals surface area contributed by atoms with Gasteiger partial charge in [-0.15, -0.1) is 5.10 Å². The highest BCUT2D eigenvalue weighted by Gasteiger charge is 2.45. The van der Waals surface area contributed by atoms with E-state index in [1.807, 2.05) is 36.4 Å². The van der Waals surface area contributed by atoms with Crippen LogP contribution in [0.2, 0.25) is 0 Å². The van der Waals surface area contributed by atoms with Crippen LogP contribution in [0.15, 0.2) is 67.1 Å². The van der Waals surface area contributed by atoms with Gasteiger partial charge in [0.05, 0.1) is 35.0 Å². The third-order valence-corrected chi connectivity index (χ3v) is 11.9. The van der Waals surface area contributed by atoms with E-state index in [-0.39, 0.29) is 63.0 Å². The maximum Gasteiger partial charge on any atom is 0.407 e. The van der Waals surface area contributed by atoms with E-state index in [0.717, 1.165) is 37.7 Å². The minimum atomic E-state index is -1.35. The highest BCUT2D eigenvalue weighted by molar-refractivity contribution is 6.37. The van der Waals surface area contributed by atoms with Gasteiger partial charge in [0, 0.05) is 49.8 Å². The Bertz CT molecular complexity index is 2200. The lowest BCUT2D eigenvalue weighted by Crippen LogP contribution is -2.53. The Hall–Kier alpha value is -6.10. The van der Waals surface area contributed by atoms with Crippen LogP contribution < -0.4 is 16.4 Å². The normalized spacial score (nSPS) is 17.9. The molecule has 4 amide bonds. The third-order valence-electron chi connectivity index (χ3n) is 11.9. The van der Waals surface area contributed by atoms with Gasteiger partial charge in [0.2, 0.25) is 17.6 Å². The van der Waals surface area contributed by atoms with Crippen LogP contribution in [0.1, 0.15) is 119 Å². The summed E-state index contributed by atoms with van der Waals surface area (Å²) in [6, 6.07) is 11.5. The summed E-state index contributed by atoms with van der Waals surface area (Å²) < 4.78 is 6.77. The quantitative estimate of drug-likeness (QED) is 0.0547. The number of rotatable bonds is 20. The largest absolute Gasteiger partial charge is 0.445 e. The van der Waals surface area contributed by atoms with Crippen molar-refractivity contribution in [1.82, 2.24) is 40.5 Å². The summed E-state index contributed by atoms with van der Waals surface area (Å²) in [7, 11) is 0. The molecule has 2 aliphatic rings. The third kappa shape index (κ3) is 12.0. The highest BCUT2D eigenvalue weighted by Crippen LogP contribution is 2.36. The van der Waals surface area contributed by atoms with Crippen molar-refractivity contribution in [2.45, 2.75) is 121 Å². The fraction of sp³-hybridized carbons (Fsp3) is 0.511. The lowest BCUT2D eigenvalue weighted by molar-refractivity contribution is -0.143. The van der Waals surface area contributed by atoms with Crippen molar-refractivity contribution in [2.24, 2.45) is 17.6 Å². The number of alkyl carbamates (subject to hydrolysis) is 1. The molecule has 0 spiro atoms. The number of likely N-dealkylation sites (tertiary alicyclic amines) is 1. The fourth-order valence-corrected chi connectivity index (χ4v) is 8.54. The summed E-state index contributed by atoms with van der Waals surface area (Å²) in [6.07, 6.45) is 10.8. The van der Waals surface area contributed by atoms with Crippen LogP contribution in [0, 0.1) is 11.8 Å². The van der Waals surface area contributed by atoms with E-state index in [4.69, 9.17) is 10.5 Å². The number of pyridine rings is 2. The van der Waals surface area contributed by atoms with Crippen molar-refractivity contribution in [3.8, 4) is 0 Å². The van der Waals surface area contributed by atoms with E-state index in [2.05, 4.69) is 30.9 Å². The Morgan fingerprint density at radius 3 is 2.47 bits per heavy atom. The molecule has 0 radical (unpaired) electrons. The van der Waals surface area contributed by atoms with Crippen LogP contribution in [-0.2, 0) is 36.1 Å². The monoisotopic (exact) mass is 851 g/mol. The Morgan fingerprint density at radius 1 is 0.952 bits per heavy atom. The molecule has 4 aromatic rings. The second-order valence-corrected chi connectivity index (χ2v) is 17.0. The number of nitrogens with one attached hydrogen (secondary N) is 2. The number of unbranched alkanes of at least 4 members (excludes halogenated alkanes) is 1. The number of nitrogens with two attached hydrogens (primary N) is 1. The van der Waals surface area contributed by atoms with Crippen molar-refractivity contribution in [2.75, 3.05) is 13.1 Å². The minimum Gasteiger partial charge on any atom is -0.445 e. The van der Waals surface area contributed by atoms with Gasteiger partial charge in [0.25, 0.3) is 5.91 Å². The van der Waals surface area contributed by atoms with Crippen molar-refractivity contribution < 1.29 is 38.6 Å². The molecular weight excluding hydrogens is 795 g/mol. The standard InChI is InChI=1S/C45H57N9O8/c1-45(2,61)39-26-50-52-54(39)33-24-37(42(58)51-35(40(56)41(46)57)16-9-10-20-48-44(60)62-28-30-14-7-4-8-15-30)53(27-33)43(59)31(22-29-12-5-3-6-13-29)18-19-38(55)32-23-36-34(49-25-32)17-11-21-47-36/h4,7-8,11,14-15,17,21,23,25-26,29,31,33,35,37,61H,3,5-6,9-10,12-13,16,18-20,22,24,27-28H2,1-2H3,(H2,46,57)(H,48,60)(H,51,58)/t31-,33+,35?,37+/m1/s1. The van der Waals surface area contributed by atoms with Crippen molar-refractivity contribution in [3.05, 3.63) is 83.9 Å². The molecule has 17 nitrogen and oxygen atoms in total. The van der Waals surface area contributed by atoms with Gasteiger partial charge in [-0.3, -0.25) is 33.9 Å². The zero-order valence-corrected chi connectivity index (χ0v) is 35.4. The smallest absolute Gasteiger partial charge is 0.407 e. The van der Waals surface area contributed by atoms with Crippen molar-refractivity contribution >= 4 is 46.4 Å². The number of carbonyl (C=O) groups is 6. The molecule has 330 valence electrons. The Kier molecular flexibility index (Phi) is 15.5. The minimum absolute atomic E-state index is 0.0375. The Balaban J connectivity index is 1.18. The molecule has 1 aliphatic carbocycles. The predicted molar refractivity (Wildman–Crippen MR) is 227 cm³/mol. The van der Waals surface area contributed by atoms with Crippen molar-refractivity contribution in [1.29, 1.82) is 0 Å². The molecule has 5 N–H and O–H groups in total. The van der Waals surface area contributed by atoms with Crippen LogP contribution in [0.4, 0.5) is 4.79 Å². The molecular formula is C45H57N9O8. The number of hydrogen-bond donors (Lipinski definition) is 4. The predicted octanol–water partition coefficient (Wildman–Crippen LogP) is 4.48. The van der Waals surface area contributed by atoms with Gasteiger partial charge in [-0.1, -0.05) is 67.6 Å². The number of amides is 4. The maximum absolute atomic E-state index is 14.9. The van der Waals surface area contributed by atoms with Gasteiger partial charge in [-0.05, 0) is 75.6 Å². The number of fused-ring (bicyclic) bond motifs is 1. The zero-order chi connectivity index (χ0) is 44.2. The number of nitrogens with zero attached hydrogens (tertiary/aromatic N) is 6. The molecule has 0 bridgehead atoms. The number of benzene rings is 1. The molecule has 1 aliphatic heterocycles. The first-order valence-corrected chi connectivity index (χ1v) is 21.5. The summed E-state index contributed by atoms with van der Waals surface area (Å²) in [5.74, 6) is -3.70. The summed E-state index contributed by atoms with van der Waals surface area (Å²) in [5.41, 5.74) is 6.96. The highest BCUT2D eigenvalue weighted by atomic mass is 16.5. The van der Waals surface area contributed by atoms with E-state index in [9.17, 15) is 33.9 Å². The average Bonchev–Trinajstić information content (AvgIpc) is 3.96. The number of primary amides is 1. The summed E-state index contributed by atoms with van der Waals surface area (Å²) >= 11 is 0. The number of aliphatic hydroxyl groups is 1. The van der Waals surface area contributed by atoms with Gasteiger partial charge in [-0.25, -0.2) is 9.48 Å². The fourth-order valence-electron chi connectivity index (χ4n) is 8.54. The SMILES string of the molecule is CC(C)(O)c1cnnn1[C@H]1C[C@@H](C(=O)NC(CCCCNC(=O)OCc2ccccc2)C(=O)C(N)=O)N(C(=O)[C@H](CCC(=O)c2cnc3cccnc3c2)CC2CCCCC2)C1. The average molecular weight is 852 g/mol. The van der Waals surface area contributed by atoms with E-state index in [1.54, 1.807) is 32.2 Å². The summed E-state index contributed by atoms with van der Waals surface area (Å²) in [6.45, 7) is 3.54. The van der Waals surface area contributed by atoms with E-state index >= 15 is 0 Å². The van der Waals surface area contributed by atoms with Gasteiger partial charge in [-0.2, -0.15) is 0 Å². The molecule has 1 saturated carbocycles. The molecule has 3 aromatic heterocycles. The molecule has 1 saturated heterocycles. The number of hydrogen-bond acceptors (Lipinski definition) is 12. The molecule has 62 heavy (non-hydrogen) atoms. The van der Waals surface area contributed by atoms with Crippen LogP contribution in [0.25, 0.3) is 11.0 Å². The van der Waals surface area contributed by atoms with Crippen LogP contribution in [-0.4, -0.2) is 95.5 Å². The second kappa shape index (κ2) is 21.1. The van der Waals surface area contributed by atoms with Crippen LogP contribution in [0.5, 0.6) is 0 Å². The number of aromatic nitrogens is 5. The summed E-state index contributed by atoms with van der Waals surface area (Å²) in [5, 5.41) is 24.6. The lowest BCUT2D eigenvalue weighted by atomic mass is 9.80. The Labute approximate surface area is 360 Å². The maximum atomic E-state index is 14.9. The first kappa shape index (κ1) is 45.4. The first-order chi connectivity index (χ1) is 29.8. The number of Topliss-reactive ketones (excluding diaryl/α,β-unsaturated/α-hetero) is 2. The number of ether oxygens (including phenoxy) is 1. The molecule has 6 rings (SSSR count). The molecule has 1 aromatic carbocycles. The zero-order valence-electron chi connectivity index (χ0n) is 35.4. The van der Waals surface area contributed by atoms with Gasteiger partial charge in [0.15, 0.2) is 5.78 Å². The van der Waals surface area contributed by atoms with Crippen LogP contribution in [0.3, 0.4) is 0 Å². The number of ketones is 2. The molecule has 17 heteroatoms. The number of carbonyl (C=O) groups excluding carboxylic acids is 6. The van der Waals surface area contributed by atoms with Crippen molar-refractivity contribution in [3.63, 3.8) is 0 Å². The van der Waals surface area contributed by atoms with Crippen LogP contribution >= 0.6 is 0 Å². The van der Waals surface area contributed by atoms with E-state index < -0.39 is 53.3 Å². The molecule has 1 unspecified atom stereocenters. The molecule has 4 atom stereocenters. The van der Waals surface area contributed by atoms with Gasteiger partial charge >= 0.3 is 6.09 Å². The summed E-state index contributed by atoms with van der Waals surface area (Å²) in [4.78, 5) is 90.7. The van der Waals surface area contributed by atoms with E-state index in [1.165, 1.54) is 22.0 Å². The second-order valence-electron chi connectivity index (χ2n) is 17.0. The lowest BCUT2D eigenvalue weighted by Gasteiger charge is -2.32. The van der Waals surface area contributed by atoms with Gasteiger partial charge in [0.1, 0.15) is 18.2 Å². The molecule has 2 fully saturated rings. The van der Waals surface area contributed by atoms with Gasteiger partial charge < -0.3 is 31.1 Å². The first-order valence-electron chi connectivity index (χ1n) is 21.5.